The number of hydrogen-bond acceptors (Lipinski definition) is 2. The molecule has 0 saturated heterocycles. The van der Waals surface area contributed by atoms with E-state index >= 15 is 0 Å². The molecule has 2 nitrogen and oxygen atoms in total. The van der Waals surface area contributed by atoms with Crippen molar-refractivity contribution in [3.05, 3.63) is 12.2 Å². The van der Waals surface area contributed by atoms with E-state index in [2.05, 4.69) is 19.1 Å². The summed E-state index contributed by atoms with van der Waals surface area (Å²) >= 11 is 0. The van der Waals surface area contributed by atoms with Gasteiger partial charge in [0.2, 0.25) is 0 Å². The zero-order valence-electron chi connectivity index (χ0n) is 10.4. The lowest BCUT2D eigenvalue weighted by atomic mass is 9.96. The smallest absolute Gasteiger partial charge is 0.312 e. The molecule has 2 aliphatic rings. The van der Waals surface area contributed by atoms with Crippen LogP contribution in [0, 0.1) is 17.3 Å². The Hall–Kier alpha value is -0.790. The highest BCUT2D eigenvalue weighted by atomic mass is 16.5. The average molecular weight is 222 g/mol. The highest BCUT2D eigenvalue weighted by Crippen LogP contribution is 2.66. The quantitative estimate of drug-likeness (QED) is 0.541. The Morgan fingerprint density at radius 1 is 1.25 bits per heavy atom. The predicted octanol–water partition coefficient (Wildman–Crippen LogP) is 3.32. The number of esters is 1. The Labute approximate surface area is 98.1 Å². The first-order valence-corrected chi connectivity index (χ1v) is 6.59. The van der Waals surface area contributed by atoms with Crippen LogP contribution in [0.1, 0.15) is 46.0 Å². The highest BCUT2D eigenvalue weighted by Gasteiger charge is 2.67. The van der Waals surface area contributed by atoms with Gasteiger partial charge < -0.3 is 4.74 Å². The number of rotatable bonds is 3. The van der Waals surface area contributed by atoms with Crippen molar-refractivity contribution in [3.63, 3.8) is 0 Å². The lowest BCUT2D eigenvalue weighted by Gasteiger charge is -2.14. The fourth-order valence-corrected chi connectivity index (χ4v) is 3.55. The number of ether oxygens (including phenoxy) is 1. The average Bonchev–Trinajstić information content (AvgIpc) is 2.84. The van der Waals surface area contributed by atoms with Gasteiger partial charge in [-0.2, -0.15) is 0 Å². The van der Waals surface area contributed by atoms with E-state index < -0.39 is 0 Å². The van der Waals surface area contributed by atoms with Crippen LogP contribution in [0.15, 0.2) is 12.2 Å². The normalized spacial score (nSPS) is 39.1. The first-order valence-electron chi connectivity index (χ1n) is 6.59. The Morgan fingerprint density at radius 3 is 2.25 bits per heavy atom. The van der Waals surface area contributed by atoms with Crippen molar-refractivity contribution < 1.29 is 9.53 Å². The van der Waals surface area contributed by atoms with E-state index in [1.54, 1.807) is 0 Å². The summed E-state index contributed by atoms with van der Waals surface area (Å²) in [6.07, 6.45) is 10.0. The van der Waals surface area contributed by atoms with E-state index in [0.29, 0.717) is 18.4 Å². The summed E-state index contributed by atoms with van der Waals surface area (Å²) in [5.74, 6) is 1.23. The van der Waals surface area contributed by atoms with Crippen molar-refractivity contribution in [3.8, 4) is 0 Å². The molecular weight excluding hydrogens is 200 g/mol. The van der Waals surface area contributed by atoms with Gasteiger partial charge in [0.25, 0.3) is 0 Å². The third-order valence-electron chi connectivity index (χ3n) is 4.40. The molecule has 0 bridgehead atoms. The van der Waals surface area contributed by atoms with E-state index in [-0.39, 0.29) is 11.4 Å². The summed E-state index contributed by atoms with van der Waals surface area (Å²) in [5.41, 5.74) is -0.123. The minimum Gasteiger partial charge on any atom is -0.466 e. The molecule has 0 heterocycles. The van der Waals surface area contributed by atoms with Gasteiger partial charge >= 0.3 is 5.97 Å². The van der Waals surface area contributed by atoms with Crippen LogP contribution in [0.4, 0.5) is 0 Å². The number of allylic oxidation sites excluding steroid dienone is 2. The van der Waals surface area contributed by atoms with Crippen LogP contribution >= 0.6 is 0 Å². The number of fused-ring (bicyclic) bond motifs is 1. The van der Waals surface area contributed by atoms with Crippen molar-refractivity contribution in [2.45, 2.75) is 46.0 Å². The van der Waals surface area contributed by atoms with Gasteiger partial charge in [0.15, 0.2) is 0 Å². The number of carbonyl (C=O) groups is 1. The maximum Gasteiger partial charge on any atom is 0.312 e. The molecule has 0 radical (unpaired) electrons. The van der Waals surface area contributed by atoms with E-state index in [1.807, 2.05) is 6.92 Å². The highest BCUT2D eigenvalue weighted by molar-refractivity contribution is 5.81. The molecule has 3 atom stereocenters. The molecule has 0 amide bonds. The van der Waals surface area contributed by atoms with Crippen molar-refractivity contribution in [1.82, 2.24) is 0 Å². The lowest BCUT2D eigenvalue weighted by molar-refractivity contribution is -0.151. The van der Waals surface area contributed by atoms with Crippen molar-refractivity contribution in [1.29, 1.82) is 0 Å². The molecule has 90 valence electrons. The summed E-state index contributed by atoms with van der Waals surface area (Å²) in [4.78, 5) is 12.1. The van der Waals surface area contributed by atoms with E-state index in [4.69, 9.17) is 4.74 Å². The van der Waals surface area contributed by atoms with Crippen LogP contribution in [0.25, 0.3) is 0 Å². The van der Waals surface area contributed by atoms with E-state index in [1.165, 1.54) is 0 Å². The van der Waals surface area contributed by atoms with E-state index in [9.17, 15) is 4.79 Å². The second kappa shape index (κ2) is 4.60. The molecule has 0 aromatic rings. The van der Waals surface area contributed by atoms with Crippen LogP contribution in [-0.2, 0) is 9.53 Å². The number of carbonyl (C=O) groups excluding carboxylic acids is 1. The van der Waals surface area contributed by atoms with Crippen LogP contribution in [0.2, 0.25) is 0 Å². The largest absolute Gasteiger partial charge is 0.466 e. The van der Waals surface area contributed by atoms with Crippen molar-refractivity contribution in [2.24, 2.45) is 17.3 Å². The summed E-state index contributed by atoms with van der Waals surface area (Å²) < 4.78 is 5.27. The Morgan fingerprint density at radius 2 is 1.81 bits per heavy atom. The Bertz CT molecular complexity index is 277. The summed E-state index contributed by atoms with van der Waals surface area (Å²) in [6.45, 7) is 4.54. The van der Waals surface area contributed by atoms with Crippen LogP contribution in [0.5, 0.6) is 0 Å². The molecule has 1 saturated carbocycles. The molecule has 0 aromatic heterocycles. The van der Waals surface area contributed by atoms with Crippen LogP contribution in [-0.4, -0.2) is 12.6 Å². The van der Waals surface area contributed by atoms with Gasteiger partial charge in [0.05, 0.1) is 12.0 Å². The van der Waals surface area contributed by atoms with Gasteiger partial charge in [-0.15, -0.1) is 0 Å². The van der Waals surface area contributed by atoms with Gasteiger partial charge in [-0.05, 0) is 50.9 Å². The van der Waals surface area contributed by atoms with Crippen molar-refractivity contribution in [2.75, 3.05) is 6.61 Å². The van der Waals surface area contributed by atoms with Gasteiger partial charge in [-0.25, -0.2) is 0 Å². The molecule has 0 aliphatic heterocycles. The fraction of sp³-hybridized carbons (Fsp3) is 0.786. The second-order valence-corrected chi connectivity index (χ2v) is 4.95. The zero-order valence-corrected chi connectivity index (χ0v) is 10.4. The molecule has 2 aliphatic carbocycles. The number of hydrogen-bond donors (Lipinski definition) is 0. The van der Waals surface area contributed by atoms with Crippen molar-refractivity contribution >= 4 is 5.97 Å². The first kappa shape index (κ1) is 11.7. The van der Waals surface area contributed by atoms with Gasteiger partial charge in [0, 0.05) is 0 Å². The Balaban J connectivity index is 2.10. The maximum atomic E-state index is 12.1. The molecule has 2 heteroatoms. The SMILES string of the molecule is CCOC(=O)[C@@]1(CC)[C@@H]2CC/C=C\CC[C@@H]21. The third kappa shape index (κ3) is 1.68. The minimum absolute atomic E-state index is 0.0643. The molecule has 0 unspecified atom stereocenters. The van der Waals surface area contributed by atoms with Crippen LogP contribution in [0.3, 0.4) is 0 Å². The molecule has 0 aromatic carbocycles. The molecule has 0 N–H and O–H groups in total. The maximum absolute atomic E-state index is 12.1. The minimum atomic E-state index is -0.123. The van der Waals surface area contributed by atoms with E-state index in [0.717, 1.165) is 32.1 Å². The molecule has 1 fully saturated rings. The fourth-order valence-electron chi connectivity index (χ4n) is 3.55. The molecular formula is C14H22O2. The van der Waals surface area contributed by atoms with Gasteiger partial charge in [-0.1, -0.05) is 19.1 Å². The Kier molecular flexibility index (Phi) is 3.36. The van der Waals surface area contributed by atoms with Gasteiger partial charge in [0.1, 0.15) is 0 Å². The van der Waals surface area contributed by atoms with Crippen LogP contribution < -0.4 is 0 Å². The first-order chi connectivity index (χ1) is 7.77. The molecule has 16 heavy (non-hydrogen) atoms. The summed E-state index contributed by atoms with van der Waals surface area (Å²) in [7, 11) is 0. The predicted molar refractivity (Wildman–Crippen MR) is 63.9 cm³/mol. The molecule has 2 rings (SSSR count). The zero-order chi connectivity index (χ0) is 11.6. The summed E-state index contributed by atoms with van der Waals surface area (Å²) in [6, 6.07) is 0. The standard InChI is InChI=1S/C14H22O2/c1-3-14(13(15)16-4-2)11-9-7-5-6-8-10-12(11)14/h5-6,11-12H,3-4,7-10H2,1-2H3/b6-5-/t11-,12+,14+. The third-order valence-corrected chi connectivity index (χ3v) is 4.40. The lowest BCUT2D eigenvalue weighted by Crippen LogP contribution is -2.22. The topological polar surface area (TPSA) is 26.3 Å². The molecule has 0 spiro atoms. The van der Waals surface area contributed by atoms with Gasteiger partial charge in [-0.3, -0.25) is 4.79 Å². The second-order valence-electron chi connectivity index (χ2n) is 4.95. The summed E-state index contributed by atoms with van der Waals surface area (Å²) in [5, 5.41) is 0. The monoisotopic (exact) mass is 222 g/mol.